The topological polar surface area (TPSA) is 71.5 Å². The summed E-state index contributed by atoms with van der Waals surface area (Å²) in [5, 5.41) is 0. The standard InChI is InChI=1S/C21H23NO4S/c1-14-8-9-15(2)19(12-14)20(23)17-6-4-5-7-18(17)21(24)22(3)16-10-11-27(25,26)13-16/h4-9,12,16H,10-11,13H2,1-3H3. The molecule has 1 fully saturated rings. The van der Waals surface area contributed by atoms with Crippen LogP contribution in [0, 0.1) is 13.8 Å². The highest BCUT2D eigenvalue weighted by Crippen LogP contribution is 2.23. The molecule has 1 amide bonds. The number of carbonyl (C=O) groups excluding carboxylic acids is 2. The molecule has 6 heteroatoms. The Morgan fingerprint density at radius 2 is 1.67 bits per heavy atom. The minimum atomic E-state index is -3.10. The number of carbonyl (C=O) groups is 2. The second-order valence-corrected chi connectivity index (χ2v) is 9.39. The molecule has 1 saturated heterocycles. The molecule has 0 aliphatic carbocycles. The number of benzene rings is 2. The third-order valence-electron chi connectivity index (χ3n) is 5.12. The van der Waals surface area contributed by atoms with Gasteiger partial charge in [0.05, 0.1) is 17.1 Å². The molecular formula is C21H23NO4S. The number of hydrogen-bond acceptors (Lipinski definition) is 4. The first kappa shape index (κ1) is 19.3. The van der Waals surface area contributed by atoms with Crippen molar-refractivity contribution in [1.82, 2.24) is 4.90 Å². The van der Waals surface area contributed by atoms with Crippen molar-refractivity contribution >= 4 is 21.5 Å². The molecule has 2 aromatic rings. The highest BCUT2D eigenvalue weighted by molar-refractivity contribution is 7.91. The van der Waals surface area contributed by atoms with E-state index >= 15 is 0 Å². The molecule has 0 radical (unpaired) electrons. The predicted molar refractivity (Wildman–Crippen MR) is 105 cm³/mol. The first-order chi connectivity index (χ1) is 12.7. The fraction of sp³-hybridized carbons (Fsp3) is 0.333. The summed E-state index contributed by atoms with van der Waals surface area (Å²) in [7, 11) is -1.49. The monoisotopic (exact) mass is 385 g/mol. The van der Waals surface area contributed by atoms with Crippen LogP contribution >= 0.6 is 0 Å². The Kier molecular flexibility index (Phi) is 5.20. The van der Waals surface area contributed by atoms with Crippen molar-refractivity contribution in [1.29, 1.82) is 0 Å². The van der Waals surface area contributed by atoms with Gasteiger partial charge in [0.1, 0.15) is 0 Å². The van der Waals surface area contributed by atoms with Crippen molar-refractivity contribution in [3.05, 3.63) is 70.3 Å². The second-order valence-electron chi connectivity index (χ2n) is 7.17. The SMILES string of the molecule is Cc1ccc(C)c(C(=O)c2ccccc2C(=O)N(C)C2CCS(=O)(=O)C2)c1. The summed E-state index contributed by atoms with van der Waals surface area (Å²) in [6.07, 6.45) is 0.428. The Labute approximate surface area is 159 Å². The van der Waals surface area contributed by atoms with Gasteiger partial charge in [-0.15, -0.1) is 0 Å². The van der Waals surface area contributed by atoms with E-state index in [1.54, 1.807) is 31.3 Å². The maximum atomic E-state index is 13.1. The van der Waals surface area contributed by atoms with Gasteiger partial charge in [0, 0.05) is 24.2 Å². The summed E-state index contributed by atoms with van der Waals surface area (Å²) >= 11 is 0. The van der Waals surface area contributed by atoms with Gasteiger partial charge in [-0.3, -0.25) is 9.59 Å². The number of sulfone groups is 1. The fourth-order valence-corrected chi connectivity index (χ4v) is 5.20. The summed E-state index contributed by atoms with van der Waals surface area (Å²) in [5.41, 5.74) is 3.03. The summed E-state index contributed by atoms with van der Waals surface area (Å²) in [5.74, 6) is -0.459. The van der Waals surface area contributed by atoms with Gasteiger partial charge in [0.2, 0.25) is 0 Å². The van der Waals surface area contributed by atoms with Crippen LogP contribution in [0.1, 0.15) is 43.8 Å². The predicted octanol–water partition coefficient (Wildman–Crippen LogP) is 2.79. The van der Waals surface area contributed by atoms with Crippen LogP contribution in [0.25, 0.3) is 0 Å². The van der Waals surface area contributed by atoms with Gasteiger partial charge in [0.25, 0.3) is 5.91 Å². The Morgan fingerprint density at radius 1 is 1.00 bits per heavy atom. The van der Waals surface area contributed by atoms with E-state index in [1.165, 1.54) is 4.90 Å². The smallest absolute Gasteiger partial charge is 0.254 e. The molecule has 0 bridgehead atoms. The lowest BCUT2D eigenvalue weighted by Crippen LogP contribution is -2.38. The van der Waals surface area contributed by atoms with Crippen LogP contribution in [-0.4, -0.2) is 49.6 Å². The first-order valence-corrected chi connectivity index (χ1v) is 10.7. The molecule has 0 aromatic heterocycles. The van der Waals surface area contributed by atoms with E-state index in [2.05, 4.69) is 0 Å². The lowest BCUT2D eigenvalue weighted by Gasteiger charge is -2.24. The number of ketones is 1. The molecule has 1 aliphatic heterocycles. The van der Waals surface area contributed by atoms with E-state index in [0.29, 0.717) is 23.1 Å². The maximum absolute atomic E-state index is 13.1. The van der Waals surface area contributed by atoms with Crippen molar-refractivity contribution in [2.45, 2.75) is 26.3 Å². The van der Waals surface area contributed by atoms with Gasteiger partial charge in [-0.1, -0.05) is 35.9 Å². The third kappa shape index (κ3) is 3.95. The lowest BCUT2D eigenvalue weighted by molar-refractivity contribution is 0.0743. The number of amides is 1. The number of aryl methyl sites for hydroxylation is 2. The van der Waals surface area contributed by atoms with Crippen LogP contribution in [0.15, 0.2) is 42.5 Å². The van der Waals surface area contributed by atoms with Crippen LogP contribution < -0.4 is 0 Å². The number of nitrogens with zero attached hydrogens (tertiary/aromatic N) is 1. The molecule has 3 rings (SSSR count). The molecule has 142 valence electrons. The van der Waals surface area contributed by atoms with Crippen LogP contribution in [-0.2, 0) is 9.84 Å². The Hall–Kier alpha value is -2.47. The molecular weight excluding hydrogens is 362 g/mol. The Balaban J connectivity index is 1.95. The second kappa shape index (κ2) is 7.27. The third-order valence-corrected chi connectivity index (χ3v) is 6.87. The van der Waals surface area contributed by atoms with Crippen molar-refractivity contribution in [3.63, 3.8) is 0 Å². The lowest BCUT2D eigenvalue weighted by atomic mass is 9.93. The summed E-state index contributed by atoms with van der Waals surface area (Å²) in [6.45, 7) is 3.79. The van der Waals surface area contributed by atoms with Crippen molar-refractivity contribution < 1.29 is 18.0 Å². The van der Waals surface area contributed by atoms with E-state index < -0.39 is 9.84 Å². The van der Waals surface area contributed by atoms with Crippen LogP contribution in [0.2, 0.25) is 0 Å². The molecule has 1 atom stereocenters. The summed E-state index contributed by atoms with van der Waals surface area (Å²) < 4.78 is 23.5. The quantitative estimate of drug-likeness (QED) is 0.759. The molecule has 2 aromatic carbocycles. The fourth-order valence-electron chi connectivity index (χ4n) is 3.43. The van der Waals surface area contributed by atoms with Gasteiger partial charge < -0.3 is 4.90 Å². The largest absolute Gasteiger partial charge is 0.338 e. The zero-order chi connectivity index (χ0) is 19.8. The highest BCUT2D eigenvalue weighted by Gasteiger charge is 2.34. The summed E-state index contributed by atoms with van der Waals surface area (Å²) in [4.78, 5) is 27.6. The molecule has 5 nitrogen and oxygen atoms in total. The summed E-state index contributed by atoms with van der Waals surface area (Å²) in [6, 6.07) is 12.0. The van der Waals surface area contributed by atoms with Crippen LogP contribution in [0.5, 0.6) is 0 Å². The van der Waals surface area contributed by atoms with Crippen molar-refractivity contribution in [2.24, 2.45) is 0 Å². The van der Waals surface area contributed by atoms with E-state index in [4.69, 9.17) is 0 Å². The molecule has 27 heavy (non-hydrogen) atoms. The Bertz CT molecular complexity index is 1010. The minimum absolute atomic E-state index is 0.0255. The number of rotatable bonds is 4. The zero-order valence-electron chi connectivity index (χ0n) is 15.7. The average Bonchev–Trinajstić information content (AvgIpc) is 3.01. The Morgan fingerprint density at radius 3 is 2.30 bits per heavy atom. The van der Waals surface area contributed by atoms with Gasteiger partial charge in [-0.25, -0.2) is 8.42 Å². The molecule has 0 spiro atoms. The van der Waals surface area contributed by atoms with Crippen LogP contribution in [0.3, 0.4) is 0 Å². The van der Waals surface area contributed by atoms with E-state index in [9.17, 15) is 18.0 Å². The van der Waals surface area contributed by atoms with Gasteiger partial charge in [0.15, 0.2) is 15.6 Å². The molecule has 1 unspecified atom stereocenters. The molecule has 0 N–H and O–H groups in total. The molecule has 1 aliphatic rings. The molecule has 1 heterocycles. The van der Waals surface area contributed by atoms with E-state index in [0.717, 1.165) is 11.1 Å². The van der Waals surface area contributed by atoms with Crippen molar-refractivity contribution in [2.75, 3.05) is 18.6 Å². The van der Waals surface area contributed by atoms with Crippen molar-refractivity contribution in [3.8, 4) is 0 Å². The average molecular weight is 385 g/mol. The maximum Gasteiger partial charge on any atom is 0.254 e. The van der Waals surface area contributed by atoms with Gasteiger partial charge >= 0.3 is 0 Å². The highest BCUT2D eigenvalue weighted by atomic mass is 32.2. The minimum Gasteiger partial charge on any atom is -0.338 e. The zero-order valence-corrected chi connectivity index (χ0v) is 16.5. The van der Waals surface area contributed by atoms with E-state index in [1.807, 2.05) is 32.0 Å². The molecule has 0 saturated carbocycles. The van der Waals surface area contributed by atoms with Crippen LogP contribution in [0.4, 0.5) is 0 Å². The number of hydrogen-bond donors (Lipinski definition) is 0. The van der Waals surface area contributed by atoms with E-state index in [-0.39, 0.29) is 29.2 Å². The first-order valence-electron chi connectivity index (χ1n) is 8.88. The van der Waals surface area contributed by atoms with Gasteiger partial charge in [-0.2, -0.15) is 0 Å². The normalized spacial score (nSPS) is 18.3. The van der Waals surface area contributed by atoms with Gasteiger partial charge in [-0.05, 0) is 38.0 Å².